The van der Waals surface area contributed by atoms with Crippen LogP contribution in [0.4, 0.5) is 0 Å². The molecule has 0 amide bonds. The van der Waals surface area contributed by atoms with Gasteiger partial charge in [-0.05, 0) is 41.8 Å². The molecule has 0 saturated carbocycles. The van der Waals surface area contributed by atoms with Crippen molar-refractivity contribution >= 4 is 11.6 Å². The highest BCUT2D eigenvalue weighted by atomic mass is 16.1. The molecule has 0 unspecified atom stereocenters. The molecule has 4 N–H and O–H groups in total. The molecule has 0 atom stereocenters. The third-order valence-corrected chi connectivity index (χ3v) is 2.00. The molecule has 3 rings (SSSR count). The predicted molar refractivity (Wildman–Crippen MR) is 132 cm³/mol. The summed E-state index contributed by atoms with van der Waals surface area (Å²) in [7, 11) is 3.00. The van der Waals surface area contributed by atoms with Crippen LogP contribution in [0.3, 0.4) is 0 Å². The lowest BCUT2D eigenvalue weighted by Crippen LogP contribution is -1.69. The van der Waals surface area contributed by atoms with Crippen LogP contribution in [0, 0.1) is 0 Å². The van der Waals surface area contributed by atoms with Gasteiger partial charge < -0.3 is 21.1 Å². The molecule has 0 heterocycles. The maximum atomic E-state index is 9.44. The Bertz CT molecular complexity index is 456. The molecule has 0 radical (unpaired) electrons. The molecule has 0 aliphatic rings. The number of nitrogens with two attached hydrogens (primary N) is 2. The van der Waals surface area contributed by atoms with Gasteiger partial charge in [0.15, 0.2) is 0 Å². The van der Waals surface area contributed by atoms with Crippen molar-refractivity contribution in [3.8, 4) is 0 Å². The van der Waals surface area contributed by atoms with Gasteiger partial charge in [-0.15, -0.1) is 0 Å². The largest absolute Gasteiger partial charge is 0.333 e. The summed E-state index contributed by atoms with van der Waals surface area (Å²) in [5, 5.41) is 0. The molecule has 0 aliphatic carbocycles. The Balaban J connectivity index is -0.000000137. The van der Waals surface area contributed by atoms with Gasteiger partial charge >= 0.3 is 0 Å². The highest BCUT2D eigenvalue weighted by Gasteiger charge is 1.63. The molecule has 4 heteroatoms. The van der Waals surface area contributed by atoms with Gasteiger partial charge in [0.05, 0.1) is 0 Å². The summed E-state index contributed by atoms with van der Waals surface area (Å²) in [6, 6.07) is 36.0. The van der Waals surface area contributed by atoms with Gasteiger partial charge in [0, 0.05) is 0 Å². The Morgan fingerprint density at radius 3 is 0.400 bits per heavy atom. The van der Waals surface area contributed by atoms with Crippen LogP contribution in [-0.4, -0.2) is 25.7 Å². The van der Waals surface area contributed by atoms with E-state index in [4.69, 9.17) is 0 Å². The average molecular weight is 413 g/mol. The van der Waals surface area contributed by atoms with E-state index in [-0.39, 0.29) is 11.6 Å². The van der Waals surface area contributed by atoms with Crippen LogP contribution in [0.2, 0.25) is 0 Å². The lowest BCUT2D eigenvalue weighted by atomic mass is 10.4. The molecule has 166 valence electrons. The van der Waals surface area contributed by atoms with E-state index in [1.54, 1.807) is 0 Å². The molecule has 0 bridgehead atoms. The van der Waals surface area contributed by atoms with E-state index < -0.39 is 0 Å². The summed E-state index contributed by atoms with van der Waals surface area (Å²) in [5.74, 6) is 0.333. The van der Waals surface area contributed by atoms with Gasteiger partial charge in [0.2, 0.25) is 0 Å². The Kier molecular flexibility index (Phi) is 42.2. The number of ketones is 2. The molecule has 3 aromatic carbocycles. The van der Waals surface area contributed by atoms with Crippen molar-refractivity contribution < 1.29 is 9.59 Å². The Morgan fingerprint density at radius 2 is 0.367 bits per heavy atom. The SMILES string of the molecule is CC(C)=O.CC(C)=O.CN.CN.c1ccccc1.c1ccccc1.c1ccccc1. The van der Waals surface area contributed by atoms with Crippen LogP contribution < -0.4 is 11.5 Å². The minimum atomic E-state index is 0.167. The van der Waals surface area contributed by atoms with E-state index in [1.807, 2.05) is 109 Å². The van der Waals surface area contributed by atoms with Crippen LogP contribution in [0.15, 0.2) is 109 Å². The van der Waals surface area contributed by atoms with E-state index in [2.05, 4.69) is 11.5 Å². The first kappa shape index (κ1) is 34.4. The highest BCUT2D eigenvalue weighted by Crippen LogP contribution is 1.81. The maximum Gasteiger partial charge on any atom is 0.126 e. The molecule has 0 spiro atoms. The minimum Gasteiger partial charge on any atom is -0.333 e. The lowest BCUT2D eigenvalue weighted by Gasteiger charge is -1.69. The number of benzene rings is 3. The second-order valence-corrected chi connectivity index (χ2v) is 5.28. The third kappa shape index (κ3) is 64.1. The number of Topliss-reactive ketones (excluding diaryl/α,β-unsaturated/α-hetero) is 2. The van der Waals surface area contributed by atoms with Crippen LogP contribution in [0.25, 0.3) is 0 Å². The zero-order chi connectivity index (χ0) is 23.9. The first-order valence-electron chi connectivity index (χ1n) is 9.56. The van der Waals surface area contributed by atoms with E-state index in [1.165, 1.54) is 41.8 Å². The zero-order valence-corrected chi connectivity index (χ0v) is 19.4. The van der Waals surface area contributed by atoms with Crippen molar-refractivity contribution in [2.24, 2.45) is 11.5 Å². The fourth-order valence-corrected chi connectivity index (χ4v) is 1.15. The van der Waals surface area contributed by atoms with Crippen molar-refractivity contribution in [2.45, 2.75) is 27.7 Å². The van der Waals surface area contributed by atoms with Gasteiger partial charge in [-0.25, -0.2) is 0 Å². The Labute approximate surface area is 184 Å². The molecule has 3 aromatic rings. The molecule has 4 nitrogen and oxygen atoms in total. The first-order chi connectivity index (χ1) is 14.5. The fraction of sp³-hybridized carbons (Fsp3) is 0.231. The lowest BCUT2D eigenvalue weighted by molar-refractivity contribution is -0.115. The normalized spacial score (nSPS) is 6.93. The second kappa shape index (κ2) is 36.8. The maximum absolute atomic E-state index is 9.44. The van der Waals surface area contributed by atoms with E-state index in [9.17, 15) is 9.59 Å². The van der Waals surface area contributed by atoms with Crippen LogP contribution >= 0.6 is 0 Å². The van der Waals surface area contributed by atoms with Crippen molar-refractivity contribution in [3.63, 3.8) is 0 Å². The monoisotopic (exact) mass is 412 g/mol. The van der Waals surface area contributed by atoms with Crippen molar-refractivity contribution in [1.82, 2.24) is 0 Å². The highest BCUT2D eigenvalue weighted by molar-refractivity contribution is 5.72. The quantitative estimate of drug-likeness (QED) is 0.517. The average Bonchev–Trinajstić information content (AvgIpc) is 2.80. The topological polar surface area (TPSA) is 86.2 Å². The minimum absolute atomic E-state index is 0.167. The molecular weight excluding hydrogens is 372 g/mol. The summed E-state index contributed by atoms with van der Waals surface area (Å²) in [5.41, 5.74) is 9.00. The summed E-state index contributed by atoms with van der Waals surface area (Å²) < 4.78 is 0. The summed E-state index contributed by atoms with van der Waals surface area (Å²) in [6.45, 7) is 6.11. The smallest absolute Gasteiger partial charge is 0.126 e. The molecular formula is C26H40N2O2. The number of hydrogen-bond acceptors (Lipinski definition) is 4. The molecule has 0 saturated heterocycles. The van der Waals surface area contributed by atoms with Crippen LogP contribution in [0.5, 0.6) is 0 Å². The third-order valence-electron chi connectivity index (χ3n) is 2.00. The Hall–Kier alpha value is -3.08. The molecule has 0 aliphatic heterocycles. The Morgan fingerprint density at radius 1 is 0.333 bits per heavy atom. The summed E-state index contributed by atoms with van der Waals surface area (Å²) in [4.78, 5) is 18.9. The standard InChI is InChI=1S/3C6H6.2C3H6O.2CH5N/c3*1-2-4-6-5-3-1;2*1-3(2)4;2*1-2/h3*1-6H;2*1-2H3;2*2H2,1H3. The van der Waals surface area contributed by atoms with E-state index in [0.717, 1.165) is 0 Å². The van der Waals surface area contributed by atoms with Gasteiger partial charge in [-0.1, -0.05) is 109 Å². The van der Waals surface area contributed by atoms with Crippen LogP contribution in [0.1, 0.15) is 27.7 Å². The van der Waals surface area contributed by atoms with Gasteiger partial charge in [-0.2, -0.15) is 0 Å². The number of hydrogen-bond donors (Lipinski definition) is 2. The fourth-order valence-electron chi connectivity index (χ4n) is 1.15. The van der Waals surface area contributed by atoms with Crippen LogP contribution in [-0.2, 0) is 9.59 Å². The number of rotatable bonds is 0. The zero-order valence-electron chi connectivity index (χ0n) is 19.4. The van der Waals surface area contributed by atoms with Gasteiger partial charge in [0.25, 0.3) is 0 Å². The van der Waals surface area contributed by atoms with Crippen molar-refractivity contribution in [3.05, 3.63) is 109 Å². The first-order valence-corrected chi connectivity index (χ1v) is 9.56. The molecule has 30 heavy (non-hydrogen) atoms. The number of carbonyl (C=O) groups is 2. The summed E-state index contributed by atoms with van der Waals surface area (Å²) >= 11 is 0. The van der Waals surface area contributed by atoms with Gasteiger partial charge in [-0.3, -0.25) is 0 Å². The predicted octanol–water partition coefficient (Wildman–Crippen LogP) is 5.40. The van der Waals surface area contributed by atoms with Gasteiger partial charge in [0.1, 0.15) is 11.6 Å². The second-order valence-electron chi connectivity index (χ2n) is 5.28. The van der Waals surface area contributed by atoms with Crippen molar-refractivity contribution in [1.29, 1.82) is 0 Å². The van der Waals surface area contributed by atoms with E-state index in [0.29, 0.717) is 0 Å². The van der Waals surface area contributed by atoms with E-state index >= 15 is 0 Å². The molecule has 0 fully saturated rings. The molecule has 0 aromatic heterocycles. The number of carbonyl (C=O) groups excluding carboxylic acids is 2. The van der Waals surface area contributed by atoms with Crippen molar-refractivity contribution in [2.75, 3.05) is 14.1 Å². The summed E-state index contributed by atoms with van der Waals surface area (Å²) in [6.07, 6.45) is 0.